The molecule has 1 aromatic heterocycles. The van der Waals surface area contributed by atoms with E-state index in [2.05, 4.69) is 41.7 Å². The van der Waals surface area contributed by atoms with Gasteiger partial charge >= 0.3 is 0 Å². The Balaban J connectivity index is 1.81. The van der Waals surface area contributed by atoms with Gasteiger partial charge in [-0.2, -0.15) is 0 Å². The monoisotopic (exact) mass is 303 g/mol. The first-order valence-electron chi connectivity index (χ1n) is 8.38. The van der Waals surface area contributed by atoms with Gasteiger partial charge in [-0.05, 0) is 44.9 Å². The molecule has 1 saturated heterocycles. The maximum atomic E-state index is 12.1. The molecule has 1 N–H and O–H groups in total. The van der Waals surface area contributed by atoms with Crippen molar-refractivity contribution >= 4 is 5.91 Å². The smallest absolute Gasteiger partial charge is 0.222 e. The Morgan fingerprint density at radius 3 is 3.00 bits per heavy atom. The Morgan fingerprint density at radius 1 is 1.50 bits per heavy atom. The summed E-state index contributed by atoms with van der Waals surface area (Å²) in [5, 5.41) is 0. The molecule has 1 fully saturated rings. The number of likely N-dealkylation sites (tertiary alicyclic amines) is 1. The largest absolute Gasteiger partial charge is 0.349 e. The number of aromatic amines is 1. The van der Waals surface area contributed by atoms with Crippen LogP contribution in [0.5, 0.6) is 0 Å². The molecular formula is C18H29N3O. The molecule has 0 aromatic carbocycles. The zero-order valence-electron chi connectivity index (χ0n) is 14.2. The SMILES string of the molecule is CC(C)=CCC[C@@]1(C)CCC(=O)N(CCCc2ncc[nH]2)C1. The number of carbonyl (C=O) groups excluding carboxylic acids is 1. The van der Waals surface area contributed by atoms with Gasteiger partial charge in [0, 0.05) is 38.3 Å². The van der Waals surface area contributed by atoms with Gasteiger partial charge in [0.05, 0.1) is 0 Å². The summed E-state index contributed by atoms with van der Waals surface area (Å²) in [6, 6.07) is 0. The maximum absolute atomic E-state index is 12.1. The molecule has 1 aliphatic heterocycles. The first-order valence-corrected chi connectivity index (χ1v) is 8.38. The second-order valence-corrected chi connectivity index (χ2v) is 7.09. The molecule has 4 heteroatoms. The summed E-state index contributed by atoms with van der Waals surface area (Å²) >= 11 is 0. The molecule has 1 aliphatic rings. The van der Waals surface area contributed by atoms with Crippen LogP contribution < -0.4 is 0 Å². The van der Waals surface area contributed by atoms with E-state index < -0.39 is 0 Å². The van der Waals surface area contributed by atoms with Crippen LogP contribution >= 0.6 is 0 Å². The summed E-state index contributed by atoms with van der Waals surface area (Å²) in [7, 11) is 0. The number of rotatable bonds is 7. The van der Waals surface area contributed by atoms with Crippen molar-refractivity contribution in [1.82, 2.24) is 14.9 Å². The Morgan fingerprint density at radius 2 is 2.32 bits per heavy atom. The van der Waals surface area contributed by atoms with E-state index in [1.165, 1.54) is 12.0 Å². The molecule has 2 heterocycles. The van der Waals surface area contributed by atoms with E-state index in [4.69, 9.17) is 0 Å². The summed E-state index contributed by atoms with van der Waals surface area (Å²) in [5.74, 6) is 1.33. The lowest BCUT2D eigenvalue weighted by Crippen LogP contribution is -2.45. The number of piperidine rings is 1. The normalized spacial score (nSPS) is 22.0. The third-order valence-electron chi connectivity index (χ3n) is 4.56. The predicted octanol–water partition coefficient (Wildman–Crippen LogP) is 3.72. The molecule has 0 aliphatic carbocycles. The molecule has 2 rings (SSSR count). The van der Waals surface area contributed by atoms with Gasteiger partial charge < -0.3 is 9.88 Å². The number of hydrogen-bond acceptors (Lipinski definition) is 2. The van der Waals surface area contributed by atoms with Crippen molar-refractivity contribution in [2.45, 2.75) is 59.3 Å². The van der Waals surface area contributed by atoms with Gasteiger partial charge in [0.15, 0.2) is 0 Å². The lowest BCUT2D eigenvalue weighted by molar-refractivity contribution is -0.137. The third-order valence-corrected chi connectivity index (χ3v) is 4.56. The summed E-state index contributed by atoms with van der Waals surface area (Å²) in [6.07, 6.45) is 11.8. The second-order valence-electron chi connectivity index (χ2n) is 7.09. The van der Waals surface area contributed by atoms with Crippen LogP contribution in [0.4, 0.5) is 0 Å². The van der Waals surface area contributed by atoms with E-state index in [1.807, 2.05) is 6.20 Å². The zero-order valence-corrected chi connectivity index (χ0v) is 14.2. The van der Waals surface area contributed by atoms with Crippen molar-refractivity contribution in [3.05, 3.63) is 29.9 Å². The van der Waals surface area contributed by atoms with Crippen LogP contribution in [0.2, 0.25) is 0 Å². The molecule has 22 heavy (non-hydrogen) atoms. The van der Waals surface area contributed by atoms with Crippen LogP contribution in [0.1, 0.15) is 58.7 Å². The topological polar surface area (TPSA) is 49.0 Å². The van der Waals surface area contributed by atoms with Crippen LogP contribution in [0.3, 0.4) is 0 Å². The minimum Gasteiger partial charge on any atom is -0.349 e. The summed E-state index contributed by atoms with van der Waals surface area (Å²) in [4.78, 5) is 21.6. The lowest BCUT2D eigenvalue weighted by atomic mass is 9.77. The molecule has 0 saturated carbocycles. The van der Waals surface area contributed by atoms with Crippen LogP contribution in [0.25, 0.3) is 0 Å². The Bertz CT molecular complexity index is 502. The number of imidazole rings is 1. The number of hydrogen-bond donors (Lipinski definition) is 1. The minimum absolute atomic E-state index is 0.268. The molecule has 122 valence electrons. The zero-order chi connectivity index (χ0) is 16.0. The molecule has 4 nitrogen and oxygen atoms in total. The van der Waals surface area contributed by atoms with Gasteiger partial charge in [-0.1, -0.05) is 18.6 Å². The molecule has 0 bridgehead atoms. The number of aromatic nitrogens is 2. The minimum atomic E-state index is 0.268. The average molecular weight is 303 g/mol. The van der Waals surface area contributed by atoms with Gasteiger partial charge in [0.2, 0.25) is 5.91 Å². The number of H-pyrrole nitrogens is 1. The summed E-state index contributed by atoms with van der Waals surface area (Å²) < 4.78 is 0. The number of nitrogens with one attached hydrogen (secondary N) is 1. The van der Waals surface area contributed by atoms with Crippen molar-refractivity contribution < 1.29 is 4.79 Å². The quantitative estimate of drug-likeness (QED) is 0.780. The fourth-order valence-electron chi connectivity index (χ4n) is 3.18. The fourth-order valence-corrected chi connectivity index (χ4v) is 3.18. The van der Waals surface area contributed by atoms with Gasteiger partial charge in [0.1, 0.15) is 5.82 Å². The fraction of sp³-hybridized carbons (Fsp3) is 0.667. The van der Waals surface area contributed by atoms with Crippen molar-refractivity contribution in [3.63, 3.8) is 0 Å². The van der Waals surface area contributed by atoms with E-state index >= 15 is 0 Å². The van der Waals surface area contributed by atoms with Crippen molar-refractivity contribution in [1.29, 1.82) is 0 Å². The molecule has 1 aromatic rings. The van der Waals surface area contributed by atoms with Gasteiger partial charge in [-0.25, -0.2) is 4.98 Å². The molecule has 1 atom stereocenters. The van der Waals surface area contributed by atoms with E-state index in [9.17, 15) is 4.79 Å². The van der Waals surface area contributed by atoms with Crippen LogP contribution in [0, 0.1) is 5.41 Å². The third kappa shape index (κ3) is 5.00. The number of nitrogens with zero attached hydrogens (tertiary/aromatic N) is 2. The van der Waals surface area contributed by atoms with E-state index in [-0.39, 0.29) is 5.41 Å². The molecule has 1 amide bonds. The highest BCUT2D eigenvalue weighted by atomic mass is 16.2. The Hall–Kier alpha value is -1.58. The molecule has 0 radical (unpaired) electrons. The predicted molar refractivity (Wildman–Crippen MR) is 89.5 cm³/mol. The molecule has 0 spiro atoms. The Labute approximate surface area is 134 Å². The van der Waals surface area contributed by atoms with E-state index in [1.54, 1.807) is 6.20 Å². The first kappa shape index (κ1) is 16.8. The maximum Gasteiger partial charge on any atom is 0.222 e. The highest BCUT2D eigenvalue weighted by molar-refractivity contribution is 5.77. The standard InChI is InChI=1S/C18H29N3O/c1-15(2)6-4-9-18(3)10-8-17(22)21(14-18)13-5-7-16-19-11-12-20-16/h6,11-12H,4-5,7-10,13-14H2,1-3H3,(H,19,20)/t18-/m0/s1. The van der Waals surface area contributed by atoms with Crippen LogP contribution in [-0.4, -0.2) is 33.9 Å². The van der Waals surface area contributed by atoms with Crippen LogP contribution in [-0.2, 0) is 11.2 Å². The number of aryl methyl sites for hydroxylation is 1. The van der Waals surface area contributed by atoms with Crippen LogP contribution in [0.15, 0.2) is 24.0 Å². The highest BCUT2D eigenvalue weighted by Gasteiger charge is 2.33. The van der Waals surface area contributed by atoms with Crippen molar-refractivity contribution in [2.24, 2.45) is 5.41 Å². The average Bonchev–Trinajstić information content (AvgIpc) is 2.96. The highest BCUT2D eigenvalue weighted by Crippen LogP contribution is 2.35. The number of carbonyl (C=O) groups is 1. The summed E-state index contributed by atoms with van der Waals surface area (Å²) in [6.45, 7) is 8.37. The first-order chi connectivity index (χ1) is 10.5. The van der Waals surface area contributed by atoms with Gasteiger partial charge in [-0.3, -0.25) is 4.79 Å². The van der Waals surface area contributed by atoms with Gasteiger partial charge in [0.25, 0.3) is 0 Å². The van der Waals surface area contributed by atoms with Crippen molar-refractivity contribution in [2.75, 3.05) is 13.1 Å². The van der Waals surface area contributed by atoms with E-state index in [0.29, 0.717) is 12.3 Å². The Kier molecular flexibility index (Phi) is 5.81. The molecule has 0 unspecified atom stereocenters. The molecular weight excluding hydrogens is 274 g/mol. The lowest BCUT2D eigenvalue weighted by Gasteiger charge is -2.40. The van der Waals surface area contributed by atoms with E-state index in [0.717, 1.165) is 44.6 Å². The number of amides is 1. The van der Waals surface area contributed by atoms with Gasteiger partial charge in [-0.15, -0.1) is 0 Å². The van der Waals surface area contributed by atoms with Crippen molar-refractivity contribution in [3.8, 4) is 0 Å². The summed E-state index contributed by atoms with van der Waals surface area (Å²) in [5.41, 5.74) is 1.65. The number of allylic oxidation sites excluding steroid dienone is 2. The second kappa shape index (κ2) is 7.61.